The van der Waals surface area contributed by atoms with Crippen molar-refractivity contribution in [2.45, 2.75) is 31.9 Å². The normalized spacial score (nSPS) is 18.4. The van der Waals surface area contributed by atoms with Crippen LogP contribution >= 0.6 is 0 Å². The second kappa shape index (κ2) is 7.33. The Morgan fingerprint density at radius 3 is 3.10 bits per heavy atom. The fourth-order valence-corrected chi connectivity index (χ4v) is 2.73. The van der Waals surface area contributed by atoms with Gasteiger partial charge in [0.15, 0.2) is 0 Å². The summed E-state index contributed by atoms with van der Waals surface area (Å²) < 4.78 is 5.78. The Balaban J connectivity index is 1.58. The summed E-state index contributed by atoms with van der Waals surface area (Å²) in [6, 6.07) is 6.09. The number of rotatable bonds is 7. The van der Waals surface area contributed by atoms with Crippen molar-refractivity contribution in [2.24, 2.45) is 0 Å². The summed E-state index contributed by atoms with van der Waals surface area (Å²) >= 11 is 0. The molecule has 0 amide bonds. The van der Waals surface area contributed by atoms with Gasteiger partial charge >= 0.3 is 0 Å². The molecule has 3 heterocycles. The minimum atomic E-state index is 0.373. The lowest BCUT2D eigenvalue weighted by Gasteiger charge is -2.24. The van der Waals surface area contributed by atoms with Gasteiger partial charge in [0.2, 0.25) is 0 Å². The first-order valence-electron chi connectivity index (χ1n) is 7.61. The molecule has 0 unspecified atom stereocenters. The zero-order valence-electron chi connectivity index (χ0n) is 12.2. The molecule has 21 heavy (non-hydrogen) atoms. The van der Waals surface area contributed by atoms with Crippen molar-refractivity contribution in [3.05, 3.63) is 48.0 Å². The second-order valence-electron chi connectivity index (χ2n) is 5.55. The maximum Gasteiger partial charge on any atom is 0.0702 e. The van der Waals surface area contributed by atoms with E-state index in [2.05, 4.69) is 26.1 Å². The SMILES string of the molecule is c1ccc(CN(CCc2cn[nH]c2)C[C@H]2CCCO2)nc1. The first-order valence-corrected chi connectivity index (χ1v) is 7.61. The smallest absolute Gasteiger partial charge is 0.0702 e. The molecule has 1 saturated heterocycles. The highest BCUT2D eigenvalue weighted by Crippen LogP contribution is 2.15. The molecule has 1 atom stereocenters. The van der Waals surface area contributed by atoms with Crippen molar-refractivity contribution in [3.8, 4) is 0 Å². The van der Waals surface area contributed by atoms with Crippen molar-refractivity contribution in [3.63, 3.8) is 0 Å². The molecule has 0 radical (unpaired) electrons. The Kier molecular flexibility index (Phi) is 4.97. The molecule has 1 fully saturated rings. The number of hydrogen-bond donors (Lipinski definition) is 1. The predicted octanol–water partition coefficient (Wildman–Crippen LogP) is 2.03. The molecule has 0 saturated carbocycles. The maximum atomic E-state index is 5.78. The number of hydrogen-bond acceptors (Lipinski definition) is 4. The van der Waals surface area contributed by atoms with Crippen molar-refractivity contribution in [1.82, 2.24) is 20.1 Å². The van der Waals surface area contributed by atoms with E-state index in [1.54, 1.807) is 0 Å². The van der Waals surface area contributed by atoms with Gasteiger partial charge in [-0.15, -0.1) is 0 Å². The summed E-state index contributed by atoms with van der Waals surface area (Å²) in [6.07, 6.45) is 9.44. The first kappa shape index (κ1) is 14.2. The number of H-pyrrole nitrogens is 1. The fraction of sp³-hybridized carbons (Fsp3) is 0.500. The Morgan fingerprint density at radius 2 is 2.38 bits per heavy atom. The standard InChI is InChI=1S/C16H22N4O/c1-2-7-17-15(4-1)12-20(13-16-5-3-9-21-16)8-6-14-10-18-19-11-14/h1-2,4,7,10-11,16H,3,5-6,8-9,12-13H2,(H,18,19)/t16-/m1/s1. The van der Waals surface area contributed by atoms with E-state index in [-0.39, 0.29) is 0 Å². The lowest BCUT2D eigenvalue weighted by atomic mass is 10.2. The van der Waals surface area contributed by atoms with E-state index in [1.807, 2.05) is 30.7 Å². The third kappa shape index (κ3) is 4.37. The van der Waals surface area contributed by atoms with Crippen molar-refractivity contribution >= 4 is 0 Å². The summed E-state index contributed by atoms with van der Waals surface area (Å²) in [5, 5.41) is 6.88. The number of nitrogens with zero attached hydrogens (tertiary/aromatic N) is 3. The molecule has 1 N–H and O–H groups in total. The van der Waals surface area contributed by atoms with Crippen LogP contribution in [0.3, 0.4) is 0 Å². The van der Waals surface area contributed by atoms with Crippen LogP contribution in [-0.4, -0.2) is 45.9 Å². The minimum absolute atomic E-state index is 0.373. The predicted molar refractivity (Wildman–Crippen MR) is 80.8 cm³/mol. The van der Waals surface area contributed by atoms with Crippen LogP contribution in [0.2, 0.25) is 0 Å². The van der Waals surface area contributed by atoms with Crippen LogP contribution in [-0.2, 0) is 17.7 Å². The number of nitrogens with one attached hydrogen (secondary N) is 1. The molecule has 112 valence electrons. The Morgan fingerprint density at radius 1 is 1.38 bits per heavy atom. The molecule has 2 aromatic rings. The molecule has 5 nitrogen and oxygen atoms in total. The van der Waals surface area contributed by atoms with Crippen LogP contribution in [0.4, 0.5) is 0 Å². The fourth-order valence-electron chi connectivity index (χ4n) is 2.73. The van der Waals surface area contributed by atoms with E-state index in [0.717, 1.165) is 38.4 Å². The molecule has 0 aromatic carbocycles. The highest BCUT2D eigenvalue weighted by Gasteiger charge is 2.19. The number of ether oxygens (including phenoxy) is 1. The van der Waals surface area contributed by atoms with E-state index >= 15 is 0 Å². The zero-order chi connectivity index (χ0) is 14.3. The Labute approximate surface area is 125 Å². The molecule has 1 aliphatic rings. The molecule has 0 aliphatic carbocycles. The molecule has 2 aromatic heterocycles. The highest BCUT2D eigenvalue weighted by molar-refractivity contribution is 5.05. The Bertz CT molecular complexity index is 508. The van der Waals surface area contributed by atoms with E-state index in [0.29, 0.717) is 6.10 Å². The molecule has 0 bridgehead atoms. The number of aromatic amines is 1. The van der Waals surface area contributed by atoms with Crippen LogP contribution in [0, 0.1) is 0 Å². The van der Waals surface area contributed by atoms with Gasteiger partial charge in [0.05, 0.1) is 18.0 Å². The van der Waals surface area contributed by atoms with E-state index in [9.17, 15) is 0 Å². The van der Waals surface area contributed by atoms with Crippen LogP contribution in [0.5, 0.6) is 0 Å². The molecular formula is C16H22N4O. The quantitative estimate of drug-likeness (QED) is 0.846. The second-order valence-corrected chi connectivity index (χ2v) is 5.55. The van der Waals surface area contributed by atoms with E-state index in [1.165, 1.54) is 18.4 Å². The third-order valence-corrected chi connectivity index (χ3v) is 3.87. The molecule has 0 spiro atoms. The summed E-state index contributed by atoms with van der Waals surface area (Å²) in [4.78, 5) is 6.87. The van der Waals surface area contributed by atoms with Gasteiger partial charge in [-0.2, -0.15) is 5.10 Å². The molecule has 3 rings (SSSR count). The van der Waals surface area contributed by atoms with Crippen LogP contribution in [0.25, 0.3) is 0 Å². The molecule has 1 aliphatic heterocycles. The van der Waals surface area contributed by atoms with Crippen LogP contribution < -0.4 is 0 Å². The monoisotopic (exact) mass is 286 g/mol. The summed E-state index contributed by atoms with van der Waals surface area (Å²) in [6.45, 7) is 3.76. The van der Waals surface area contributed by atoms with Gasteiger partial charge < -0.3 is 4.74 Å². The first-order chi connectivity index (χ1) is 10.4. The number of pyridine rings is 1. The summed E-state index contributed by atoms with van der Waals surface area (Å²) in [5.41, 5.74) is 2.36. The van der Waals surface area contributed by atoms with Crippen molar-refractivity contribution < 1.29 is 4.74 Å². The summed E-state index contributed by atoms with van der Waals surface area (Å²) in [7, 11) is 0. The maximum absolute atomic E-state index is 5.78. The van der Waals surface area contributed by atoms with Crippen LogP contribution in [0.1, 0.15) is 24.1 Å². The Hall–Kier alpha value is -1.72. The van der Waals surface area contributed by atoms with Gasteiger partial charge in [-0.3, -0.25) is 15.0 Å². The van der Waals surface area contributed by atoms with Crippen LogP contribution in [0.15, 0.2) is 36.8 Å². The van der Waals surface area contributed by atoms with Gasteiger partial charge in [-0.1, -0.05) is 6.07 Å². The van der Waals surface area contributed by atoms with Crippen molar-refractivity contribution in [1.29, 1.82) is 0 Å². The number of aromatic nitrogens is 3. The van der Waals surface area contributed by atoms with E-state index in [4.69, 9.17) is 4.74 Å². The molecule has 5 heteroatoms. The lowest BCUT2D eigenvalue weighted by Crippen LogP contribution is -2.33. The van der Waals surface area contributed by atoms with Gasteiger partial charge in [-0.25, -0.2) is 0 Å². The summed E-state index contributed by atoms with van der Waals surface area (Å²) in [5.74, 6) is 0. The highest BCUT2D eigenvalue weighted by atomic mass is 16.5. The largest absolute Gasteiger partial charge is 0.377 e. The average Bonchev–Trinajstić information content (AvgIpc) is 3.19. The van der Waals surface area contributed by atoms with Crippen molar-refractivity contribution in [2.75, 3.05) is 19.7 Å². The molecular weight excluding hydrogens is 264 g/mol. The lowest BCUT2D eigenvalue weighted by molar-refractivity contribution is 0.0705. The zero-order valence-corrected chi connectivity index (χ0v) is 12.2. The van der Waals surface area contributed by atoms with Gasteiger partial charge in [-0.05, 0) is 37.0 Å². The van der Waals surface area contributed by atoms with Gasteiger partial charge in [0.1, 0.15) is 0 Å². The minimum Gasteiger partial charge on any atom is -0.377 e. The van der Waals surface area contributed by atoms with E-state index < -0.39 is 0 Å². The average molecular weight is 286 g/mol. The topological polar surface area (TPSA) is 54.0 Å². The van der Waals surface area contributed by atoms with Gasteiger partial charge in [0, 0.05) is 38.6 Å². The van der Waals surface area contributed by atoms with Gasteiger partial charge in [0.25, 0.3) is 0 Å². The third-order valence-electron chi connectivity index (χ3n) is 3.87.